The maximum absolute atomic E-state index is 11.5. The molecule has 0 aliphatic rings. The second-order valence-corrected chi connectivity index (χ2v) is 4.51. The van der Waals surface area contributed by atoms with Gasteiger partial charge in [-0.25, -0.2) is 0 Å². The van der Waals surface area contributed by atoms with Crippen LogP contribution in [-0.4, -0.2) is 10.8 Å². The zero-order valence-corrected chi connectivity index (χ0v) is 11.3. The van der Waals surface area contributed by atoms with Gasteiger partial charge < -0.3 is 5.32 Å². The standard InChI is InChI=1S/C16H18N2O/c1-3-16(19)13-4-6-15(7-5-13)18-11-14-8-9-17-10-12(14)2/h4-10,18H,3,11H2,1-2H3. The quantitative estimate of drug-likeness (QED) is 0.829. The summed E-state index contributed by atoms with van der Waals surface area (Å²) in [6, 6.07) is 9.64. The van der Waals surface area contributed by atoms with Gasteiger partial charge in [-0.05, 0) is 48.4 Å². The minimum Gasteiger partial charge on any atom is -0.381 e. The molecule has 3 heteroatoms. The number of benzene rings is 1. The van der Waals surface area contributed by atoms with Gasteiger partial charge >= 0.3 is 0 Å². The molecule has 0 atom stereocenters. The second-order valence-electron chi connectivity index (χ2n) is 4.51. The summed E-state index contributed by atoms with van der Waals surface area (Å²) in [5.41, 5.74) is 4.19. The summed E-state index contributed by atoms with van der Waals surface area (Å²) in [5, 5.41) is 3.35. The van der Waals surface area contributed by atoms with E-state index in [1.165, 1.54) is 11.1 Å². The first-order chi connectivity index (χ1) is 9.20. The summed E-state index contributed by atoms with van der Waals surface area (Å²) < 4.78 is 0. The summed E-state index contributed by atoms with van der Waals surface area (Å²) in [4.78, 5) is 15.6. The Labute approximate surface area is 113 Å². The molecule has 0 saturated carbocycles. The second kappa shape index (κ2) is 6.14. The molecular formula is C16H18N2O. The van der Waals surface area contributed by atoms with E-state index < -0.39 is 0 Å². The Morgan fingerprint density at radius 1 is 1.21 bits per heavy atom. The van der Waals surface area contributed by atoms with Crippen LogP contribution in [-0.2, 0) is 6.54 Å². The number of rotatable bonds is 5. The first-order valence-corrected chi connectivity index (χ1v) is 6.47. The van der Waals surface area contributed by atoms with Crippen LogP contribution in [0.5, 0.6) is 0 Å². The number of pyridine rings is 1. The number of Topliss-reactive ketones (excluding diaryl/α,β-unsaturated/α-hetero) is 1. The van der Waals surface area contributed by atoms with Gasteiger partial charge in [0.25, 0.3) is 0 Å². The van der Waals surface area contributed by atoms with Crippen molar-refractivity contribution in [1.29, 1.82) is 0 Å². The Bertz CT molecular complexity index is 561. The van der Waals surface area contributed by atoms with Crippen molar-refractivity contribution in [3.63, 3.8) is 0 Å². The van der Waals surface area contributed by atoms with Gasteiger partial charge in [-0.2, -0.15) is 0 Å². The number of nitrogens with one attached hydrogen (secondary N) is 1. The van der Waals surface area contributed by atoms with Gasteiger partial charge in [0.2, 0.25) is 0 Å². The molecule has 0 bridgehead atoms. The van der Waals surface area contributed by atoms with Gasteiger partial charge in [0.05, 0.1) is 0 Å². The third kappa shape index (κ3) is 3.41. The maximum atomic E-state index is 11.5. The molecule has 19 heavy (non-hydrogen) atoms. The van der Waals surface area contributed by atoms with Crippen molar-refractivity contribution in [3.8, 4) is 0 Å². The van der Waals surface area contributed by atoms with Crippen LogP contribution in [0, 0.1) is 6.92 Å². The van der Waals surface area contributed by atoms with E-state index in [1.807, 2.05) is 50.4 Å². The minimum absolute atomic E-state index is 0.177. The zero-order valence-electron chi connectivity index (χ0n) is 11.3. The van der Waals surface area contributed by atoms with Gasteiger partial charge in [-0.1, -0.05) is 6.92 Å². The highest BCUT2D eigenvalue weighted by Crippen LogP contribution is 2.13. The average Bonchev–Trinajstić information content (AvgIpc) is 2.46. The van der Waals surface area contributed by atoms with Crippen molar-refractivity contribution >= 4 is 11.5 Å². The smallest absolute Gasteiger partial charge is 0.162 e. The highest BCUT2D eigenvalue weighted by atomic mass is 16.1. The lowest BCUT2D eigenvalue weighted by atomic mass is 10.1. The van der Waals surface area contributed by atoms with E-state index in [1.54, 1.807) is 6.20 Å². The third-order valence-electron chi connectivity index (χ3n) is 3.15. The maximum Gasteiger partial charge on any atom is 0.162 e. The van der Waals surface area contributed by atoms with Gasteiger partial charge in [0.15, 0.2) is 5.78 Å². The molecular weight excluding hydrogens is 236 g/mol. The number of aryl methyl sites for hydroxylation is 1. The van der Waals surface area contributed by atoms with E-state index in [2.05, 4.69) is 10.3 Å². The molecule has 0 unspecified atom stereocenters. The number of aromatic nitrogens is 1. The molecule has 0 radical (unpaired) electrons. The molecule has 1 aromatic heterocycles. The molecule has 0 spiro atoms. The molecule has 0 saturated heterocycles. The monoisotopic (exact) mass is 254 g/mol. The van der Waals surface area contributed by atoms with Crippen LogP contribution in [0.4, 0.5) is 5.69 Å². The number of anilines is 1. The third-order valence-corrected chi connectivity index (χ3v) is 3.15. The first kappa shape index (κ1) is 13.3. The highest BCUT2D eigenvalue weighted by molar-refractivity contribution is 5.96. The number of hydrogen-bond donors (Lipinski definition) is 1. The fourth-order valence-corrected chi connectivity index (χ4v) is 1.88. The number of carbonyl (C=O) groups excluding carboxylic acids is 1. The van der Waals surface area contributed by atoms with Crippen LogP contribution in [0.2, 0.25) is 0 Å². The van der Waals surface area contributed by atoms with E-state index >= 15 is 0 Å². The molecule has 1 aromatic carbocycles. The number of carbonyl (C=O) groups is 1. The molecule has 0 fully saturated rings. The Morgan fingerprint density at radius 3 is 2.58 bits per heavy atom. The van der Waals surface area contributed by atoms with Crippen LogP contribution in [0.3, 0.4) is 0 Å². The number of ketones is 1. The van der Waals surface area contributed by atoms with Crippen molar-refractivity contribution in [2.24, 2.45) is 0 Å². The molecule has 0 aliphatic heterocycles. The zero-order chi connectivity index (χ0) is 13.7. The normalized spacial score (nSPS) is 10.2. The summed E-state index contributed by atoms with van der Waals surface area (Å²) in [6.07, 6.45) is 4.20. The fraction of sp³-hybridized carbons (Fsp3) is 0.250. The minimum atomic E-state index is 0.177. The van der Waals surface area contributed by atoms with E-state index in [9.17, 15) is 4.79 Å². The van der Waals surface area contributed by atoms with Gasteiger partial charge in [0, 0.05) is 36.6 Å². The number of nitrogens with zero attached hydrogens (tertiary/aromatic N) is 1. The van der Waals surface area contributed by atoms with Gasteiger partial charge in [-0.3, -0.25) is 9.78 Å². The predicted molar refractivity (Wildman–Crippen MR) is 77.4 cm³/mol. The Morgan fingerprint density at radius 2 is 1.95 bits per heavy atom. The largest absolute Gasteiger partial charge is 0.381 e. The van der Waals surface area contributed by atoms with Crippen molar-refractivity contribution in [3.05, 3.63) is 59.4 Å². The molecule has 0 amide bonds. The first-order valence-electron chi connectivity index (χ1n) is 6.47. The van der Waals surface area contributed by atoms with Crippen LogP contribution >= 0.6 is 0 Å². The summed E-state index contributed by atoms with van der Waals surface area (Å²) in [7, 11) is 0. The van der Waals surface area contributed by atoms with Crippen LogP contribution < -0.4 is 5.32 Å². The Kier molecular flexibility index (Phi) is 4.29. The molecule has 2 aromatic rings. The lowest BCUT2D eigenvalue weighted by molar-refractivity contribution is 0.0988. The molecule has 0 aliphatic carbocycles. The SMILES string of the molecule is CCC(=O)c1ccc(NCc2ccncc2C)cc1. The lowest BCUT2D eigenvalue weighted by Gasteiger charge is -2.09. The van der Waals surface area contributed by atoms with Gasteiger partial charge in [-0.15, -0.1) is 0 Å². The van der Waals surface area contributed by atoms with Gasteiger partial charge in [0.1, 0.15) is 0 Å². The van der Waals surface area contributed by atoms with E-state index in [-0.39, 0.29) is 5.78 Å². The molecule has 2 rings (SSSR count). The summed E-state index contributed by atoms with van der Waals surface area (Å²) >= 11 is 0. The van der Waals surface area contributed by atoms with Crippen molar-refractivity contribution in [2.75, 3.05) is 5.32 Å². The van der Waals surface area contributed by atoms with Crippen LogP contribution in [0.25, 0.3) is 0 Å². The Hall–Kier alpha value is -2.16. The summed E-state index contributed by atoms with van der Waals surface area (Å²) in [6.45, 7) is 4.68. The molecule has 98 valence electrons. The van der Waals surface area contributed by atoms with Crippen LogP contribution in [0.1, 0.15) is 34.8 Å². The topological polar surface area (TPSA) is 42.0 Å². The lowest BCUT2D eigenvalue weighted by Crippen LogP contribution is -2.02. The van der Waals surface area contributed by atoms with Crippen molar-refractivity contribution < 1.29 is 4.79 Å². The average molecular weight is 254 g/mol. The van der Waals surface area contributed by atoms with E-state index in [0.717, 1.165) is 17.8 Å². The van der Waals surface area contributed by atoms with E-state index in [4.69, 9.17) is 0 Å². The van der Waals surface area contributed by atoms with Crippen molar-refractivity contribution in [2.45, 2.75) is 26.8 Å². The summed E-state index contributed by atoms with van der Waals surface area (Å²) in [5.74, 6) is 0.177. The van der Waals surface area contributed by atoms with Crippen molar-refractivity contribution in [1.82, 2.24) is 4.98 Å². The Balaban J connectivity index is 2.01. The molecule has 1 N–H and O–H groups in total. The fourth-order valence-electron chi connectivity index (χ4n) is 1.88. The van der Waals surface area contributed by atoms with Crippen LogP contribution in [0.15, 0.2) is 42.7 Å². The number of hydrogen-bond acceptors (Lipinski definition) is 3. The predicted octanol–water partition coefficient (Wildman–Crippen LogP) is 3.59. The highest BCUT2D eigenvalue weighted by Gasteiger charge is 2.02. The van der Waals surface area contributed by atoms with E-state index in [0.29, 0.717) is 6.42 Å². The molecule has 1 heterocycles. The molecule has 3 nitrogen and oxygen atoms in total.